The predicted octanol–water partition coefficient (Wildman–Crippen LogP) is 0.287. The van der Waals surface area contributed by atoms with E-state index in [1.54, 1.807) is 0 Å². The first-order chi connectivity index (χ1) is 5.31. The molecule has 11 heavy (non-hydrogen) atoms. The van der Waals surface area contributed by atoms with E-state index in [0.29, 0.717) is 5.41 Å². The molecule has 2 N–H and O–H groups in total. The molecule has 2 nitrogen and oxygen atoms in total. The van der Waals surface area contributed by atoms with E-state index >= 15 is 0 Å². The first-order valence-electron chi connectivity index (χ1n) is 4.74. The highest BCUT2D eigenvalue weighted by molar-refractivity contribution is 5.06. The molecule has 2 atom stereocenters. The third-order valence-corrected chi connectivity index (χ3v) is 4.03. The van der Waals surface area contributed by atoms with Crippen LogP contribution in [0.1, 0.15) is 12.8 Å². The summed E-state index contributed by atoms with van der Waals surface area (Å²) < 4.78 is 0. The Kier molecular flexibility index (Phi) is 1.06. The SMILES string of the molecule is NCC12CC3CN(CC3C1)C2. The molecule has 4 fully saturated rings. The van der Waals surface area contributed by atoms with Gasteiger partial charge in [-0.2, -0.15) is 0 Å². The normalized spacial score (nSPS) is 59.2. The molecule has 0 amide bonds. The molecule has 0 aromatic heterocycles. The minimum atomic E-state index is 0.561. The van der Waals surface area contributed by atoms with Crippen molar-refractivity contribution in [2.75, 3.05) is 26.2 Å². The zero-order chi connectivity index (χ0) is 7.47. The minimum Gasteiger partial charge on any atom is -0.330 e. The van der Waals surface area contributed by atoms with Crippen LogP contribution in [0.25, 0.3) is 0 Å². The molecule has 62 valence electrons. The minimum absolute atomic E-state index is 0.561. The van der Waals surface area contributed by atoms with E-state index in [4.69, 9.17) is 5.73 Å². The van der Waals surface area contributed by atoms with Gasteiger partial charge in [0.2, 0.25) is 0 Å². The summed E-state index contributed by atoms with van der Waals surface area (Å²) in [6.45, 7) is 4.99. The fourth-order valence-electron chi connectivity index (χ4n) is 3.66. The second-order valence-electron chi connectivity index (χ2n) is 4.83. The molecule has 3 aliphatic heterocycles. The molecule has 1 saturated carbocycles. The van der Waals surface area contributed by atoms with E-state index in [-0.39, 0.29) is 0 Å². The average molecular weight is 152 g/mol. The van der Waals surface area contributed by atoms with Crippen LogP contribution in [0.5, 0.6) is 0 Å². The van der Waals surface area contributed by atoms with Gasteiger partial charge in [0.25, 0.3) is 0 Å². The summed E-state index contributed by atoms with van der Waals surface area (Å²) in [6.07, 6.45) is 2.87. The summed E-state index contributed by atoms with van der Waals surface area (Å²) in [5.74, 6) is 2.04. The second-order valence-corrected chi connectivity index (χ2v) is 4.83. The van der Waals surface area contributed by atoms with Crippen molar-refractivity contribution in [3.63, 3.8) is 0 Å². The van der Waals surface area contributed by atoms with E-state index in [1.807, 2.05) is 0 Å². The van der Waals surface area contributed by atoms with Crippen LogP contribution >= 0.6 is 0 Å². The molecule has 4 aliphatic rings. The van der Waals surface area contributed by atoms with Crippen LogP contribution < -0.4 is 5.73 Å². The number of piperidine rings is 2. The summed E-state index contributed by atoms with van der Waals surface area (Å²) in [5.41, 5.74) is 6.39. The zero-order valence-electron chi connectivity index (χ0n) is 6.92. The molecule has 4 bridgehead atoms. The van der Waals surface area contributed by atoms with Crippen LogP contribution in [-0.2, 0) is 0 Å². The Morgan fingerprint density at radius 1 is 1.27 bits per heavy atom. The van der Waals surface area contributed by atoms with Gasteiger partial charge < -0.3 is 10.6 Å². The lowest BCUT2D eigenvalue weighted by molar-refractivity contribution is 0.108. The topological polar surface area (TPSA) is 29.3 Å². The molecule has 1 aliphatic carbocycles. The molecular formula is C9H16N2. The fraction of sp³-hybridized carbons (Fsp3) is 1.00. The Labute approximate surface area is 67.7 Å². The largest absolute Gasteiger partial charge is 0.330 e. The van der Waals surface area contributed by atoms with E-state index in [2.05, 4.69) is 4.90 Å². The first-order valence-corrected chi connectivity index (χ1v) is 4.74. The van der Waals surface area contributed by atoms with Crippen LogP contribution in [0.2, 0.25) is 0 Å². The van der Waals surface area contributed by atoms with Crippen molar-refractivity contribution in [3.05, 3.63) is 0 Å². The molecule has 3 heterocycles. The van der Waals surface area contributed by atoms with Crippen LogP contribution in [0.15, 0.2) is 0 Å². The van der Waals surface area contributed by atoms with Gasteiger partial charge in [-0.05, 0) is 36.6 Å². The molecular weight excluding hydrogens is 136 g/mol. The van der Waals surface area contributed by atoms with Crippen molar-refractivity contribution >= 4 is 0 Å². The summed E-state index contributed by atoms with van der Waals surface area (Å²) in [7, 11) is 0. The molecule has 0 radical (unpaired) electrons. The van der Waals surface area contributed by atoms with Crippen molar-refractivity contribution in [2.45, 2.75) is 12.8 Å². The number of hydrogen-bond acceptors (Lipinski definition) is 2. The highest BCUT2D eigenvalue weighted by Crippen LogP contribution is 2.53. The maximum atomic E-state index is 5.83. The summed E-state index contributed by atoms with van der Waals surface area (Å²) in [5, 5.41) is 0. The van der Waals surface area contributed by atoms with Crippen LogP contribution in [0.4, 0.5) is 0 Å². The Morgan fingerprint density at radius 3 is 2.36 bits per heavy atom. The standard InChI is InChI=1S/C9H16N2/c10-5-9-1-7-3-11(6-9)4-8(7)2-9/h7-8H,1-6,10H2. The third kappa shape index (κ3) is 0.695. The predicted molar refractivity (Wildman–Crippen MR) is 44.1 cm³/mol. The molecule has 3 saturated heterocycles. The highest BCUT2D eigenvalue weighted by atomic mass is 15.2. The van der Waals surface area contributed by atoms with Gasteiger partial charge in [-0.25, -0.2) is 0 Å². The van der Waals surface area contributed by atoms with E-state index in [9.17, 15) is 0 Å². The maximum Gasteiger partial charge on any atom is 0.00505 e. The average Bonchev–Trinajstić information content (AvgIpc) is 2.40. The van der Waals surface area contributed by atoms with Crippen molar-refractivity contribution in [2.24, 2.45) is 23.0 Å². The number of nitrogens with zero attached hydrogens (tertiary/aromatic N) is 1. The van der Waals surface area contributed by atoms with Gasteiger partial charge in [0.05, 0.1) is 0 Å². The number of rotatable bonds is 1. The first kappa shape index (κ1) is 6.44. The number of hydrogen-bond donors (Lipinski definition) is 1. The van der Waals surface area contributed by atoms with Crippen molar-refractivity contribution in [1.29, 1.82) is 0 Å². The van der Waals surface area contributed by atoms with E-state index in [1.165, 1.54) is 32.5 Å². The Morgan fingerprint density at radius 2 is 1.91 bits per heavy atom. The summed E-state index contributed by atoms with van der Waals surface area (Å²) >= 11 is 0. The van der Waals surface area contributed by atoms with Gasteiger partial charge in [-0.3, -0.25) is 0 Å². The molecule has 2 unspecified atom stereocenters. The van der Waals surface area contributed by atoms with Crippen molar-refractivity contribution in [3.8, 4) is 0 Å². The molecule has 0 aromatic rings. The summed E-state index contributed by atoms with van der Waals surface area (Å²) in [4.78, 5) is 2.62. The van der Waals surface area contributed by atoms with Gasteiger partial charge in [-0.1, -0.05) is 0 Å². The highest BCUT2D eigenvalue weighted by Gasteiger charge is 2.54. The van der Waals surface area contributed by atoms with Gasteiger partial charge in [0.15, 0.2) is 0 Å². The number of nitrogens with two attached hydrogens (primary N) is 1. The Hall–Kier alpha value is -0.0800. The van der Waals surface area contributed by atoms with Gasteiger partial charge >= 0.3 is 0 Å². The molecule has 0 aromatic carbocycles. The molecule has 4 rings (SSSR count). The van der Waals surface area contributed by atoms with Gasteiger partial charge in [-0.15, -0.1) is 0 Å². The monoisotopic (exact) mass is 152 g/mol. The quantitative estimate of drug-likeness (QED) is 0.585. The molecule has 2 heteroatoms. The van der Waals surface area contributed by atoms with Gasteiger partial charge in [0.1, 0.15) is 0 Å². The zero-order valence-corrected chi connectivity index (χ0v) is 6.92. The second kappa shape index (κ2) is 1.80. The van der Waals surface area contributed by atoms with Crippen LogP contribution in [-0.4, -0.2) is 31.1 Å². The summed E-state index contributed by atoms with van der Waals surface area (Å²) in [6, 6.07) is 0. The molecule has 0 spiro atoms. The lowest BCUT2D eigenvalue weighted by atomic mass is 9.81. The van der Waals surface area contributed by atoms with Crippen molar-refractivity contribution in [1.82, 2.24) is 4.90 Å². The van der Waals surface area contributed by atoms with Gasteiger partial charge in [0, 0.05) is 19.6 Å². The van der Waals surface area contributed by atoms with Crippen molar-refractivity contribution < 1.29 is 0 Å². The van der Waals surface area contributed by atoms with E-state index in [0.717, 1.165) is 18.4 Å². The van der Waals surface area contributed by atoms with E-state index < -0.39 is 0 Å². The Bertz CT molecular complexity index is 170. The maximum absolute atomic E-state index is 5.83. The Balaban J connectivity index is 1.94. The van der Waals surface area contributed by atoms with Crippen LogP contribution in [0, 0.1) is 17.3 Å². The lowest BCUT2D eigenvalue weighted by Gasteiger charge is -2.39. The lowest BCUT2D eigenvalue weighted by Crippen LogP contribution is -2.46. The van der Waals surface area contributed by atoms with Crippen LogP contribution in [0.3, 0.4) is 0 Å². The smallest absolute Gasteiger partial charge is 0.00505 e. The third-order valence-electron chi connectivity index (χ3n) is 4.03. The fourth-order valence-corrected chi connectivity index (χ4v) is 3.66.